The molecule has 57 heavy (non-hydrogen) atoms. The average Bonchev–Trinajstić information content (AvgIpc) is 3.54. The number of hydrogen-bond acceptors (Lipinski definition) is 6. The van der Waals surface area contributed by atoms with Crippen LogP contribution in [0.3, 0.4) is 0 Å². The van der Waals surface area contributed by atoms with E-state index in [0.717, 1.165) is 32.1 Å². The number of ether oxygens (including phenoxy) is 3. The molecule has 0 spiro atoms. The Morgan fingerprint density at radius 1 is 0.737 bits per heavy atom. The normalized spacial score (nSPS) is 16.6. The maximum absolute atomic E-state index is 12.8. The van der Waals surface area contributed by atoms with Crippen LogP contribution in [0, 0.1) is 5.41 Å². The lowest BCUT2D eigenvalue weighted by Crippen LogP contribution is -2.67. The second-order valence-corrected chi connectivity index (χ2v) is 21.2. The number of carbonyl (C=O) groups excluding carboxylic acids is 2. The van der Waals surface area contributed by atoms with Crippen molar-refractivity contribution < 1.29 is 28.2 Å². The minimum Gasteiger partial charge on any atom is -0.462 e. The third-order valence-electron chi connectivity index (χ3n) is 10.3. The highest BCUT2D eigenvalue weighted by molar-refractivity contribution is 6.99. The molecule has 0 saturated carbocycles. The van der Waals surface area contributed by atoms with Gasteiger partial charge in [-0.3, -0.25) is 4.79 Å². The standard InChI is InChI=1S/C49H65NO6Si/c1-39(38-54-57(48(5,6)7,40-30-23-21-24-31-40)41-32-25-22-26-33-41)50-44(51)36-27-19-17-15-13-11-9-10-12-14-16-18-20-28-37-53-46(52)42-34-29-35-43-45(42)56-49(8,55-43)47(2,3)4/h9,11-12,14-15,17-18,20-26,29-35,39H,10,13,16,19,27-28,36-38H2,1-8H3,(H,50,51)/b11-9-,14-12-,17-15-,20-18-/t39-,49?/m1/s1. The summed E-state index contributed by atoms with van der Waals surface area (Å²) < 4.78 is 24.7. The molecule has 1 heterocycles. The summed E-state index contributed by atoms with van der Waals surface area (Å²) in [6.45, 7) is 17.6. The topological polar surface area (TPSA) is 83.1 Å². The zero-order valence-electron chi connectivity index (χ0n) is 35.5. The zero-order valence-corrected chi connectivity index (χ0v) is 36.5. The Morgan fingerprint density at radius 3 is 1.82 bits per heavy atom. The molecule has 0 bridgehead atoms. The molecular weight excluding hydrogens is 727 g/mol. The van der Waals surface area contributed by atoms with Crippen molar-refractivity contribution in [2.24, 2.45) is 5.41 Å². The van der Waals surface area contributed by atoms with Gasteiger partial charge in [0.25, 0.3) is 14.1 Å². The molecule has 306 valence electrons. The molecule has 7 nitrogen and oxygen atoms in total. The van der Waals surface area contributed by atoms with Crippen LogP contribution in [0.4, 0.5) is 0 Å². The molecule has 8 heteroatoms. The Balaban J connectivity index is 1.06. The lowest BCUT2D eigenvalue weighted by Gasteiger charge is -2.43. The van der Waals surface area contributed by atoms with Gasteiger partial charge in [0, 0.05) is 24.8 Å². The van der Waals surface area contributed by atoms with Gasteiger partial charge in [-0.15, -0.1) is 0 Å². The molecule has 1 N–H and O–H groups in total. The van der Waals surface area contributed by atoms with Crippen molar-refractivity contribution in [3.8, 4) is 11.5 Å². The van der Waals surface area contributed by atoms with E-state index < -0.39 is 20.1 Å². The van der Waals surface area contributed by atoms with Crippen molar-refractivity contribution in [3.63, 3.8) is 0 Å². The predicted molar refractivity (Wildman–Crippen MR) is 236 cm³/mol. The van der Waals surface area contributed by atoms with Gasteiger partial charge in [-0.25, -0.2) is 4.79 Å². The summed E-state index contributed by atoms with van der Waals surface area (Å²) in [5.74, 6) is -0.194. The van der Waals surface area contributed by atoms with E-state index in [-0.39, 0.29) is 22.4 Å². The first-order valence-corrected chi connectivity index (χ1v) is 22.4. The molecule has 0 aliphatic carbocycles. The Labute approximate surface area is 343 Å². The molecule has 0 saturated heterocycles. The van der Waals surface area contributed by atoms with E-state index in [4.69, 9.17) is 18.6 Å². The SMILES string of the molecule is C[C@H](CO[Si](c1ccccc1)(c1ccccc1)C(C)(C)C)NC(=O)CCC/C=C\C/C=C\C/C=C\C/C=C\CCOC(=O)c1cccc2c1OC(C)(C(C)(C)C)O2. The van der Waals surface area contributed by atoms with Crippen LogP contribution in [0.25, 0.3) is 0 Å². The van der Waals surface area contributed by atoms with Crippen LogP contribution in [-0.4, -0.2) is 45.2 Å². The van der Waals surface area contributed by atoms with E-state index in [2.05, 4.69) is 117 Å². The number of benzene rings is 3. The zero-order chi connectivity index (χ0) is 41.4. The molecule has 1 amide bonds. The number of rotatable bonds is 20. The van der Waals surface area contributed by atoms with Crippen LogP contribution in [-0.2, 0) is 14.0 Å². The number of nitrogens with one attached hydrogen (secondary N) is 1. The fourth-order valence-electron chi connectivity index (χ4n) is 6.72. The Bertz CT molecular complexity index is 1800. The van der Waals surface area contributed by atoms with Crippen LogP contribution in [0.5, 0.6) is 11.5 Å². The maximum Gasteiger partial charge on any atom is 0.342 e. The highest BCUT2D eigenvalue weighted by atomic mass is 28.4. The predicted octanol–water partition coefficient (Wildman–Crippen LogP) is 10.4. The minimum absolute atomic E-state index is 0.0629. The van der Waals surface area contributed by atoms with Crippen molar-refractivity contribution in [3.05, 3.63) is 133 Å². The first kappa shape index (κ1) is 45.0. The van der Waals surface area contributed by atoms with Crippen LogP contribution in [0.2, 0.25) is 5.04 Å². The number of carbonyl (C=O) groups is 2. The average molecular weight is 792 g/mol. The van der Waals surface area contributed by atoms with Gasteiger partial charge < -0.3 is 24.0 Å². The summed E-state index contributed by atoms with van der Waals surface area (Å²) in [4.78, 5) is 25.6. The van der Waals surface area contributed by atoms with E-state index in [0.29, 0.717) is 43.1 Å². The summed E-state index contributed by atoms with van der Waals surface area (Å²) in [5, 5.41) is 5.54. The van der Waals surface area contributed by atoms with Gasteiger partial charge in [0.2, 0.25) is 5.91 Å². The number of fused-ring (bicyclic) bond motifs is 1. The fraction of sp³-hybridized carbons (Fsp3) is 0.429. The lowest BCUT2D eigenvalue weighted by molar-refractivity contribution is -0.142. The highest BCUT2D eigenvalue weighted by Crippen LogP contribution is 2.48. The number of unbranched alkanes of at least 4 members (excludes halogenated alkanes) is 1. The first-order valence-electron chi connectivity index (χ1n) is 20.5. The lowest BCUT2D eigenvalue weighted by atomic mass is 9.87. The molecule has 0 aromatic heterocycles. The molecule has 3 aromatic carbocycles. The Morgan fingerprint density at radius 2 is 1.28 bits per heavy atom. The molecule has 2 atom stereocenters. The van der Waals surface area contributed by atoms with Gasteiger partial charge in [-0.1, -0.05) is 157 Å². The third kappa shape index (κ3) is 12.7. The fourth-order valence-corrected chi connectivity index (χ4v) is 11.4. The number of esters is 1. The molecule has 4 rings (SSSR count). The second kappa shape index (κ2) is 21.2. The summed E-state index contributed by atoms with van der Waals surface area (Å²) in [5.41, 5.74) is 0.104. The second-order valence-electron chi connectivity index (χ2n) is 16.9. The Hall–Kier alpha value is -4.66. The summed E-state index contributed by atoms with van der Waals surface area (Å²) in [6.07, 6.45) is 22.4. The molecule has 0 radical (unpaired) electrons. The largest absolute Gasteiger partial charge is 0.462 e. The highest BCUT2D eigenvalue weighted by Gasteiger charge is 2.50. The van der Waals surface area contributed by atoms with Gasteiger partial charge in [-0.2, -0.15) is 0 Å². The van der Waals surface area contributed by atoms with Crippen LogP contribution in [0.1, 0.15) is 111 Å². The van der Waals surface area contributed by atoms with E-state index in [1.54, 1.807) is 12.1 Å². The van der Waals surface area contributed by atoms with Crippen molar-refractivity contribution in [1.82, 2.24) is 5.32 Å². The van der Waals surface area contributed by atoms with Gasteiger partial charge in [0.1, 0.15) is 5.56 Å². The van der Waals surface area contributed by atoms with E-state index in [9.17, 15) is 9.59 Å². The number of hydrogen-bond donors (Lipinski definition) is 1. The molecule has 1 aliphatic heterocycles. The van der Waals surface area contributed by atoms with E-state index in [1.807, 2.05) is 58.9 Å². The van der Waals surface area contributed by atoms with Gasteiger partial charge in [-0.05, 0) is 73.0 Å². The quantitative estimate of drug-likeness (QED) is 0.0531. The van der Waals surface area contributed by atoms with E-state index >= 15 is 0 Å². The van der Waals surface area contributed by atoms with Gasteiger partial charge in [0.15, 0.2) is 11.5 Å². The molecule has 3 aromatic rings. The maximum atomic E-state index is 12.8. The van der Waals surface area contributed by atoms with Crippen molar-refractivity contribution >= 4 is 30.6 Å². The van der Waals surface area contributed by atoms with Crippen LogP contribution >= 0.6 is 0 Å². The van der Waals surface area contributed by atoms with Crippen LogP contribution < -0.4 is 25.2 Å². The molecule has 0 fully saturated rings. The number of para-hydroxylation sites is 1. The third-order valence-corrected chi connectivity index (χ3v) is 15.3. The van der Waals surface area contributed by atoms with Gasteiger partial charge >= 0.3 is 5.97 Å². The minimum atomic E-state index is -2.64. The number of allylic oxidation sites excluding steroid dienone is 7. The summed E-state index contributed by atoms with van der Waals surface area (Å²) in [6, 6.07) is 26.4. The van der Waals surface area contributed by atoms with E-state index in [1.165, 1.54) is 10.4 Å². The Kier molecular flexibility index (Phi) is 16.8. The molecular formula is C49H65NO6Si. The van der Waals surface area contributed by atoms with Crippen molar-refractivity contribution in [2.75, 3.05) is 13.2 Å². The monoisotopic (exact) mass is 791 g/mol. The van der Waals surface area contributed by atoms with Crippen LogP contribution in [0.15, 0.2) is 127 Å². The first-order chi connectivity index (χ1) is 27.2. The van der Waals surface area contributed by atoms with Crippen molar-refractivity contribution in [2.45, 2.75) is 117 Å². The number of amides is 1. The van der Waals surface area contributed by atoms with Gasteiger partial charge in [0.05, 0.1) is 13.2 Å². The van der Waals surface area contributed by atoms with Crippen molar-refractivity contribution in [1.29, 1.82) is 0 Å². The molecule has 1 aliphatic rings. The molecule has 1 unspecified atom stereocenters. The summed E-state index contributed by atoms with van der Waals surface area (Å²) >= 11 is 0. The smallest absolute Gasteiger partial charge is 0.342 e. The summed E-state index contributed by atoms with van der Waals surface area (Å²) in [7, 11) is -2.64.